The first-order chi connectivity index (χ1) is 12.1. The number of nitrogens with zero attached hydrogens (tertiary/aromatic N) is 3. The summed E-state index contributed by atoms with van der Waals surface area (Å²) in [7, 11) is 1.95. The number of carbonyl (C=O) groups excluding carboxylic acids is 2. The Morgan fingerprint density at radius 3 is 2.64 bits per heavy atom. The summed E-state index contributed by atoms with van der Waals surface area (Å²) >= 11 is 0. The predicted octanol–water partition coefficient (Wildman–Crippen LogP) is 1.29. The van der Waals surface area contributed by atoms with Crippen molar-refractivity contribution < 1.29 is 14.3 Å². The number of aromatic nitrogens is 1. The minimum Gasteiger partial charge on any atom is -0.450 e. The largest absolute Gasteiger partial charge is 0.450 e. The van der Waals surface area contributed by atoms with Gasteiger partial charge in [0.15, 0.2) is 0 Å². The van der Waals surface area contributed by atoms with E-state index in [0.717, 1.165) is 25.8 Å². The van der Waals surface area contributed by atoms with Crippen molar-refractivity contribution >= 4 is 12.0 Å². The van der Waals surface area contributed by atoms with E-state index in [2.05, 4.69) is 10.3 Å². The average Bonchev–Trinajstić information content (AvgIpc) is 2.61. The van der Waals surface area contributed by atoms with E-state index in [1.807, 2.05) is 24.1 Å². The molecule has 2 rings (SSSR count). The highest BCUT2D eigenvalue weighted by Crippen LogP contribution is 2.11. The SMILES string of the molecule is CCOC(=O)N1CCC(NC(=O)CN(C)CCc2ccncc2)CC1. The van der Waals surface area contributed by atoms with Crippen LogP contribution < -0.4 is 5.32 Å². The zero-order valence-electron chi connectivity index (χ0n) is 15.1. The maximum atomic E-state index is 12.2. The summed E-state index contributed by atoms with van der Waals surface area (Å²) in [5.41, 5.74) is 1.22. The maximum absolute atomic E-state index is 12.2. The number of amides is 2. The van der Waals surface area contributed by atoms with Crippen molar-refractivity contribution in [3.63, 3.8) is 0 Å². The molecule has 0 saturated carbocycles. The molecule has 1 N–H and O–H groups in total. The normalized spacial score (nSPS) is 15.2. The van der Waals surface area contributed by atoms with E-state index in [4.69, 9.17) is 4.74 Å². The number of likely N-dealkylation sites (N-methyl/N-ethyl adjacent to an activating group) is 1. The Kier molecular flexibility index (Phi) is 7.66. The second kappa shape index (κ2) is 9.98. The number of ether oxygens (including phenoxy) is 1. The van der Waals surface area contributed by atoms with Crippen molar-refractivity contribution in [2.75, 3.05) is 39.8 Å². The van der Waals surface area contributed by atoms with Gasteiger partial charge in [0.1, 0.15) is 0 Å². The predicted molar refractivity (Wildman–Crippen MR) is 95.2 cm³/mol. The molecule has 1 aliphatic rings. The molecule has 25 heavy (non-hydrogen) atoms. The number of pyridine rings is 1. The van der Waals surface area contributed by atoms with Crippen LogP contribution in [-0.4, -0.2) is 72.7 Å². The van der Waals surface area contributed by atoms with E-state index in [1.165, 1.54) is 5.56 Å². The molecular weight excluding hydrogens is 320 g/mol. The molecule has 0 unspecified atom stereocenters. The van der Waals surface area contributed by atoms with Crippen LogP contribution in [0.5, 0.6) is 0 Å². The third-order valence-electron chi connectivity index (χ3n) is 4.33. The van der Waals surface area contributed by atoms with E-state index in [9.17, 15) is 9.59 Å². The van der Waals surface area contributed by atoms with E-state index >= 15 is 0 Å². The Balaban J connectivity index is 1.64. The van der Waals surface area contributed by atoms with Gasteiger partial charge in [-0.15, -0.1) is 0 Å². The quantitative estimate of drug-likeness (QED) is 0.804. The van der Waals surface area contributed by atoms with Crippen LogP contribution in [0.25, 0.3) is 0 Å². The van der Waals surface area contributed by atoms with E-state index < -0.39 is 0 Å². The van der Waals surface area contributed by atoms with Crippen LogP contribution in [-0.2, 0) is 16.0 Å². The summed E-state index contributed by atoms with van der Waals surface area (Å²) < 4.78 is 5.00. The first kappa shape index (κ1) is 19.2. The number of carbonyl (C=O) groups is 2. The lowest BCUT2D eigenvalue weighted by Gasteiger charge is -2.32. The van der Waals surface area contributed by atoms with Crippen molar-refractivity contribution in [3.8, 4) is 0 Å². The van der Waals surface area contributed by atoms with Crippen LogP contribution in [0, 0.1) is 0 Å². The fraction of sp³-hybridized carbons (Fsp3) is 0.611. The fourth-order valence-corrected chi connectivity index (χ4v) is 2.89. The Bertz CT molecular complexity index is 545. The van der Waals surface area contributed by atoms with Crippen LogP contribution in [0.2, 0.25) is 0 Å². The van der Waals surface area contributed by atoms with Gasteiger partial charge < -0.3 is 15.0 Å². The average molecular weight is 348 g/mol. The minimum absolute atomic E-state index is 0.0341. The molecule has 2 heterocycles. The van der Waals surface area contributed by atoms with Gasteiger partial charge in [0.05, 0.1) is 13.2 Å². The van der Waals surface area contributed by atoms with E-state index in [1.54, 1.807) is 24.2 Å². The van der Waals surface area contributed by atoms with Gasteiger partial charge in [-0.3, -0.25) is 14.7 Å². The third-order valence-corrected chi connectivity index (χ3v) is 4.33. The highest BCUT2D eigenvalue weighted by molar-refractivity contribution is 5.78. The van der Waals surface area contributed by atoms with Crippen molar-refractivity contribution in [3.05, 3.63) is 30.1 Å². The van der Waals surface area contributed by atoms with Crippen LogP contribution >= 0.6 is 0 Å². The number of likely N-dealkylation sites (tertiary alicyclic amines) is 1. The third kappa shape index (κ3) is 6.70. The molecule has 2 amide bonds. The van der Waals surface area contributed by atoms with E-state index in [-0.39, 0.29) is 18.0 Å². The standard InChI is InChI=1S/C18H28N4O3/c1-3-25-18(24)22-12-7-16(8-13-22)20-17(23)14-21(2)11-6-15-4-9-19-10-5-15/h4-5,9-10,16H,3,6-8,11-14H2,1-2H3,(H,20,23). The second-order valence-corrected chi connectivity index (χ2v) is 6.37. The maximum Gasteiger partial charge on any atom is 0.409 e. The van der Waals surface area contributed by atoms with Crippen molar-refractivity contribution in [2.45, 2.75) is 32.2 Å². The summed E-state index contributed by atoms with van der Waals surface area (Å²) in [6.07, 6.45) is 5.74. The van der Waals surface area contributed by atoms with Crippen molar-refractivity contribution in [1.29, 1.82) is 0 Å². The molecule has 1 saturated heterocycles. The highest BCUT2D eigenvalue weighted by atomic mass is 16.6. The van der Waals surface area contributed by atoms with Gasteiger partial charge in [0, 0.05) is 38.1 Å². The molecule has 0 spiro atoms. The molecule has 1 aromatic rings. The van der Waals surface area contributed by atoms with Crippen LogP contribution in [0.3, 0.4) is 0 Å². The summed E-state index contributed by atoms with van der Waals surface area (Å²) in [6.45, 7) is 4.64. The zero-order chi connectivity index (χ0) is 18.1. The number of hydrogen-bond acceptors (Lipinski definition) is 5. The van der Waals surface area contributed by atoms with Crippen molar-refractivity contribution in [1.82, 2.24) is 20.1 Å². The molecule has 0 bridgehead atoms. The Morgan fingerprint density at radius 1 is 1.32 bits per heavy atom. The minimum atomic E-state index is -0.261. The van der Waals surface area contributed by atoms with Gasteiger partial charge in [-0.05, 0) is 50.9 Å². The lowest BCUT2D eigenvalue weighted by molar-refractivity contribution is -0.122. The Hall–Kier alpha value is -2.15. The van der Waals surface area contributed by atoms with Crippen LogP contribution in [0.1, 0.15) is 25.3 Å². The molecule has 138 valence electrons. The Morgan fingerprint density at radius 2 is 2.00 bits per heavy atom. The fourth-order valence-electron chi connectivity index (χ4n) is 2.89. The number of nitrogens with one attached hydrogen (secondary N) is 1. The van der Waals surface area contributed by atoms with Gasteiger partial charge in [0.2, 0.25) is 5.91 Å². The number of rotatable bonds is 7. The topological polar surface area (TPSA) is 74.8 Å². The molecule has 0 aromatic carbocycles. The second-order valence-electron chi connectivity index (χ2n) is 6.37. The smallest absolute Gasteiger partial charge is 0.409 e. The monoisotopic (exact) mass is 348 g/mol. The molecule has 0 radical (unpaired) electrons. The van der Waals surface area contributed by atoms with Crippen molar-refractivity contribution in [2.24, 2.45) is 0 Å². The first-order valence-electron chi connectivity index (χ1n) is 8.87. The van der Waals surface area contributed by atoms with Gasteiger partial charge >= 0.3 is 6.09 Å². The van der Waals surface area contributed by atoms with E-state index in [0.29, 0.717) is 26.2 Å². The van der Waals surface area contributed by atoms with Gasteiger partial charge in [-0.1, -0.05) is 0 Å². The van der Waals surface area contributed by atoms with Gasteiger partial charge in [0.25, 0.3) is 0 Å². The molecule has 7 heteroatoms. The summed E-state index contributed by atoms with van der Waals surface area (Å²) in [5.74, 6) is 0.0341. The molecule has 1 aliphatic heterocycles. The summed E-state index contributed by atoms with van der Waals surface area (Å²) in [6, 6.07) is 4.11. The Labute approximate surface area is 149 Å². The number of piperidine rings is 1. The molecular formula is C18H28N4O3. The summed E-state index contributed by atoms with van der Waals surface area (Å²) in [5, 5.41) is 3.07. The summed E-state index contributed by atoms with van der Waals surface area (Å²) in [4.78, 5) is 31.6. The first-order valence-corrected chi connectivity index (χ1v) is 8.87. The molecule has 1 aromatic heterocycles. The molecule has 0 atom stereocenters. The molecule has 7 nitrogen and oxygen atoms in total. The van der Waals surface area contributed by atoms with Gasteiger partial charge in [-0.25, -0.2) is 4.79 Å². The van der Waals surface area contributed by atoms with Crippen LogP contribution in [0.15, 0.2) is 24.5 Å². The molecule has 0 aliphatic carbocycles. The molecule has 1 fully saturated rings. The van der Waals surface area contributed by atoms with Gasteiger partial charge in [-0.2, -0.15) is 0 Å². The lowest BCUT2D eigenvalue weighted by Crippen LogP contribution is -2.48. The van der Waals surface area contributed by atoms with Crippen LogP contribution in [0.4, 0.5) is 4.79 Å². The zero-order valence-corrected chi connectivity index (χ0v) is 15.1. The lowest BCUT2D eigenvalue weighted by atomic mass is 10.1. The highest BCUT2D eigenvalue weighted by Gasteiger charge is 2.24. The number of hydrogen-bond donors (Lipinski definition) is 1.